The van der Waals surface area contributed by atoms with Crippen LogP contribution < -0.4 is 20.8 Å². The Morgan fingerprint density at radius 1 is 1.05 bits per heavy atom. The normalized spacial score (nSPS) is 14.8. The minimum absolute atomic E-state index is 0.267. The molecule has 1 aliphatic rings. The number of hydrogen-bond acceptors (Lipinski definition) is 7. The second kappa shape index (κ2) is 11.4. The molecule has 1 aliphatic heterocycles. The average molecular weight is 550 g/mol. The lowest BCUT2D eigenvalue weighted by Crippen LogP contribution is -2.45. The molecule has 3 heterocycles. The number of anilines is 5. The minimum Gasteiger partial charge on any atom is -0.369 e. The van der Waals surface area contributed by atoms with Crippen LogP contribution in [-0.2, 0) is 4.57 Å². The SMILES string of the molecule is CCN(CC)C1CCN(c2ccc(Nc3nc(Nc4ccccc4P(C)(C)=O)c4cc[nH]c4n3)cc2F)CC1. The Balaban J connectivity index is 1.35. The van der Waals surface area contributed by atoms with Crippen molar-refractivity contribution in [2.75, 3.05) is 55.0 Å². The van der Waals surface area contributed by atoms with E-state index in [-0.39, 0.29) is 5.82 Å². The van der Waals surface area contributed by atoms with Gasteiger partial charge in [-0.15, -0.1) is 0 Å². The Morgan fingerprint density at radius 3 is 2.49 bits per heavy atom. The Bertz CT molecular complexity index is 1490. The lowest BCUT2D eigenvalue weighted by molar-refractivity contribution is 0.186. The zero-order chi connectivity index (χ0) is 27.6. The van der Waals surface area contributed by atoms with E-state index in [4.69, 9.17) is 0 Å². The quantitative estimate of drug-likeness (QED) is 0.216. The van der Waals surface area contributed by atoms with E-state index in [1.807, 2.05) is 42.5 Å². The molecule has 206 valence electrons. The number of nitrogens with zero attached hydrogens (tertiary/aromatic N) is 4. The van der Waals surface area contributed by atoms with Crippen LogP contribution in [0.25, 0.3) is 11.0 Å². The van der Waals surface area contributed by atoms with E-state index in [0.717, 1.165) is 55.4 Å². The van der Waals surface area contributed by atoms with E-state index in [1.54, 1.807) is 19.5 Å². The van der Waals surface area contributed by atoms with E-state index < -0.39 is 7.14 Å². The van der Waals surface area contributed by atoms with Gasteiger partial charge in [0, 0.05) is 36.3 Å². The summed E-state index contributed by atoms with van der Waals surface area (Å²) >= 11 is 0. The standard InChI is InChI=1S/C29H37FN7OP/c1-5-36(6-2)21-14-17-37(18-15-21)25-12-11-20(19-23(25)30)32-29-34-27-22(13-16-31-27)28(35-29)33-24-9-7-8-10-26(24)39(3,4)38/h7-13,16,19,21H,5-6,14-15,17-18H2,1-4H3,(H3,31,32,33,34,35). The van der Waals surface area contributed by atoms with Crippen molar-refractivity contribution in [1.29, 1.82) is 0 Å². The molecule has 1 saturated heterocycles. The van der Waals surface area contributed by atoms with Gasteiger partial charge >= 0.3 is 0 Å². The average Bonchev–Trinajstić information content (AvgIpc) is 3.39. The molecule has 0 radical (unpaired) electrons. The molecule has 2 aromatic carbocycles. The second-order valence-electron chi connectivity index (χ2n) is 10.4. The zero-order valence-electron chi connectivity index (χ0n) is 23.0. The van der Waals surface area contributed by atoms with Gasteiger partial charge in [0.1, 0.15) is 24.4 Å². The van der Waals surface area contributed by atoms with Crippen LogP contribution in [0.3, 0.4) is 0 Å². The van der Waals surface area contributed by atoms with Gasteiger partial charge in [-0.05, 0) is 75.7 Å². The minimum atomic E-state index is -2.52. The van der Waals surface area contributed by atoms with Gasteiger partial charge in [0.05, 0.1) is 16.8 Å². The van der Waals surface area contributed by atoms with Crippen LogP contribution in [0.15, 0.2) is 54.7 Å². The molecule has 0 bridgehead atoms. The Hall–Kier alpha value is -3.42. The predicted molar refractivity (Wildman–Crippen MR) is 161 cm³/mol. The van der Waals surface area contributed by atoms with E-state index >= 15 is 4.39 Å². The van der Waals surface area contributed by atoms with Crippen LogP contribution in [0.5, 0.6) is 0 Å². The first-order valence-corrected chi connectivity index (χ1v) is 16.2. The first kappa shape index (κ1) is 27.2. The number of piperidine rings is 1. The van der Waals surface area contributed by atoms with Gasteiger partial charge in [0.2, 0.25) is 5.95 Å². The van der Waals surface area contributed by atoms with Crippen molar-refractivity contribution in [3.8, 4) is 0 Å². The maximum atomic E-state index is 15.3. The molecule has 0 aliphatic carbocycles. The maximum Gasteiger partial charge on any atom is 0.231 e. The van der Waals surface area contributed by atoms with Crippen molar-refractivity contribution in [2.45, 2.75) is 32.7 Å². The van der Waals surface area contributed by atoms with E-state index in [2.05, 4.69) is 49.2 Å². The highest BCUT2D eigenvalue weighted by atomic mass is 31.2. The van der Waals surface area contributed by atoms with Gasteiger partial charge in [-0.25, -0.2) is 4.39 Å². The summed E-state index contributed by atoms with van der Waals surface area (Å²) in [7, 11) is -2.52. The van der Waals surface area contributed by atoms with Crippen molar-refractivity contribution in [3.63, 3.8) is 0 Å². The summed E-state index contributed by atoms with van der Waals surface area (Å²) in [5, 5.41) is 8.06. The summed E-state index contributed by atoms with van der Waals surface area (Å²) in [6.07, 6.45) is 3.87. The van der Waals surface area contributed by atoms with Crippen molar-refractivity contribution < 1.29 is 8.96 Å². The molecule has 0 atom stereocenters. The van der Waals surface area contributed by atoms with Crippen LogP contribution >= 0.6 is 7.14 Å². The van der Waals surface area contributed by atoms with Gasteiger partial charge in [0.15, 0.2) is 0 Å². The molecule has 0 unspecified atom stereocenters. The summed E-state index contributed by atoms with van der Waals surface area (Å²) in [4.78, 5) is 17.0. The molecule has 8 nitrogen and oxygen atoms in total. The number of benzene rings is 2. The van der Waals surface area contributed by atoms with Crippen LogP contribution in [0.4, 0.5) is 33.2 Å². The van der Waals surface area contributed by atoms with Crippen molar-refractivity contribution in [3.05, 3.63) is 60.5 Å². The number of para-hydroxylation sites is 1. The van der Waals surface area contributed by atoms with Crippen LogP contribution in [0.2, 0.25) is 0 Å². The topological polar surface area (TPSA) is 89.2 Å². The van der Waals surface area contributed by atoms with Crippen molar-refractivity contribution in [1.82, 2.24) is 19.9 Å². The second-order valence-corrected chi connectivity index (χ2v) is 13.5. The largest absolute Gasteiger partial charge is 0.369 e. The highest BCUT2D eigenvalue weighted by Gasteiger charge is 2.24. The van der Waals surface area contributed by atoms with E-state index in [0.29, 0.717) is 34.8 Å². The fourth-order valence-electron chi connectivity index (χ4n) is 5.45. The monoisotopic (exact) mass is 549 g/mol. The smallest absolute Gasteiger partial charge is 0.231 e. The molecule has 3 N–H and O–H groups in total. The molecule has 5 rings (SSSR count). The van der Waals surface area contributed by atoms with Crippen molar-refractivity contribution >= 4 is 52.3 Å². The molecule has 39 heavy (non-hydrogen) atoms. The van der Waals surface area contributed by atoms with Gasteiger partial charge in [-0.2, -0.15) is 9.97 Å². The van der Waals surface area contributed by atoms with Crippen LogP contribution in [0.1, 0.15) is 26.7 Å². The molecular formula is C29H37FN7OP. The van der Waals surface area contributed by atoms with Crippen LogP contribution in [0, 0.1) is 5.82 Å². The highest BCUT2D eigenvalue weighted by molar-refractivity contribution is 7.70. The highest BCUT2D eigenvalue weighted by Crippen LogP contribution is 2.38. The van der Waals surface area contributed by atoms with Gasteiger partial charge in [-0.1, -0.05) is 26.0 Å². The number of hydrogen-bond donors (Lipinski definition) is 3. The summed E-state index contributed by atoms with van der Waals surface area (Å²) in [6, 6.07) is 15.2. The predicted octanol–water partition coefficient (Wildman–Crippen LogP) is 6.14. The number of halogens is 1. The van der Waals surface area contributed by atoms with Gasteiger partial charge < -0.3 is 30.0 Å². The molecule has 1 fully saturated rings. The van der Waals surface area contributed by atoms with Gasteiger partial charge in [0.25, 0.3) is 0 Å². The number of aromatic nitrogens is 3. The summed E-state index contributed by atoms with van der Waals surface area (Å²) < 4.78 is 28.1. The number of fused-ring (bicyclic) bond motifs is 1. The summed E-state index contributed by atoms with van der Waals surface area (Å²) in [5.74, 6) is 0.627. The maximum absolute atomic E-state index is 15.3. The molecule has 10 heteroatoms. The summed E-state index contributed by atoms with van der Waals surface area (Å²) in [5.41, 5.74) is 2.56. The molecule has 0 spiro atoms. The number of rotatable bonds is 9. The number of nitrogens with one attached hydrogen (secondary N) is 3. The zero-order valence-corrected chi connectivity index (χ0v) is 23.9. The Labute approximate surface area is 229 Å². The molecule has 4 aromatic rings. The fraction of sp³-hybridized carbons (Fsp3) is 0.379. The summed E-state index contributed by atoms with van der Waals surface area (Å²) in [6.45, 7) is 11.7. The fourth-order valence-corrected chi connectivity index (χ4v) is 6.61. The Kier molecular flexibility index (Phi) is 7.91. The van der Waals surface area contributed by atoms with E-state index in [9.17, 15) is 4.57 Å². The molecule has 2 aromatic heterocycles. The number of aromatic amines is 1. The van der Waals surface area contributed by atoms with E-state index in [1.165, 1.54) is 6.07 Å². The third-order valence-corrected chi connectivity index (χ3v) is 9.04. The first-order chi connectivity index (χ1) is 18.8. The number of H-pyrrole nitrogens is 1. The van der Waals surface area contributed by atoms with Crippen molar-refractivity contribution in [2.24, 2.45) is 0 Å². The lowest BCUT2D eigenvalue weighted by atomic mass is 10.0. The molecule has 0 saturated carbocycles. The Morgan fingerprint density at radius 2 is 1.79 bits per heavy atom. The first-order valence-electron chi connectivity index (χ1n) is 13.6. The third kappa shape index (κ3) is 5.94. The molecular weight excluding hydrogens is 512 g/mol. The lowest BCUT2D eigenvalue weighted by Gasteiger charge is -2.38. The van der Waals surface area contributed by atoms with Gasteiger partial charge in [-0.3, -0.25) is 0 Å². The van der Waals surface area contributed by atoms with Crippen LogP contribution in [-0.4, -0.2) is 65.4 Å². The third-order valence-electron chi connectivity index (χ3n) is 7.49. The molecule has 0 amide bonds.